The van der Waals surface area contributed by atoms with Crippen LogP contribution in [-0.2, 0) is 10.0 Å². The Balaban J connectivity index is 3.08. The number of anilines is 2. The van der Waals surface area contributed by atoms with Gasteiger partial charge in [-0.2, -0.15) is 0 Å². The molecule has 0 radical (unpaired) electrons. The number of phenolic OH excluding ortho intramolecular Hbond substituents is 1. The lowest BCUT2D eigenvalue weighted by Crippen LogP contribution is -2.14. The molecule has 0 saturated carbocycles. The molecule has 0 fully saturated rings. The Morgan fingerprint density at radius 3 is 2.60 bits per heavy atom. The molecule has 0 aliphatic heterocycles. The SMILES string of the molecule is CCS(=O)(=O)Nc1cc(N)c(O)c(Br)c1. The van der Waals surface area contributed by atoms with Crippen LogP contribution < -0.4 is 10.5 Å². The topological polar surface area (TPSA) is 92.4 Å². The average molecular weight is 295 g/mol. The van der Waals surface area contributed by atoms with Gasteiger partial charge in [-0.3, -0.25) is 4.72 Å². The van der Waals surface area contributed by atoms with E-state index < -0.39 is 10.0 Å². The number of sulfonamides is 1. The smallest absolute Gasteiger partial charge is 0.232 e. The van der Waals surface area contributed by atoms with Gasteiger partial charge in [0.1, 0.15) is 0 Å². The molecular formula is C8H11BrN2O3S. The molecule has 1 aromatic rings. The second-order valence-corrected chi connectivity index (χ2v) is 5.77. The Labute approximate surface area is 96.5 Å². The van der Waals surface area contributed by atoms with E-state index in [2.05, 4.69) is 20.7 Å². The first-order chi connectivity index (χ1) is 6.85. The minimum atomic E-state index is -3.33. The Kier molecular flexibility index (Phi) is 3.46. The molecule has 0 bridgehead atoms. The summed E-state index contributed by atoms with van der Waals surface area (Å²) in [5.41, 5.74) is 5.89. The number of nitrogens with one attached hydrogen (secondary N) is 1. The van der Waals surface area contributed by atoms with E-state index in [9.17, 15) is 13.5 Å². The molecule has 0 saturated heterocycles. The highest BCUT2D eigenvalue weighted by molar-refractivity contribution is 9.10. The van der Waals surface area contributed by atoms with Gasteiger partial charge in [0.05, 0.1) is 21.6 Å². The standard InChI is InChI=1S/C8H11BrN2O3S/c1-2-15(13,14)11-5-3-6(9)8(12)7(10)4-5/h3-4,11-12H,2,10H2,1H3. The molecule has 0 aliphatic carbocycles. The van der Waals surface area contributed by atoms with Gasteiger partial charge < -0.3 is 10.8 Å². The number of hydrogen-bond donors (Lipinski definition) is 3. The molecule has 0 heterocycles. The van der Waals surface area contributed by atoms with Gasteiger partial charge >= 0.3 is 0 Å². The molecule has 0 aromatic heterocycles. The highest BCUT2D eigenvalue weighted by Gasteiger charge is 2.10. The summed E-state index contributed by atoms with van der Waals surface area (Å²) in [6.45, 7) is 1.53. The van der Waals surface area contributed by atoms with E-state index in [0.29, 0.717) is 10.2 Å². The average Bonchev–Trinajstić information content (AvgIpc) is 2.13. The summed E-state index contributed by atoms with van der Waals surface area (Å²) >= 11 is 3.06. The quantitative estimate of drug-likeness (QED) is 0.447. The van der Waals surface area contributed by atoms with Crippen LogP contribution in [0, 0.1) is 0 Å². The van der Waals surface area contributed by atoms with Crippen molar-refractivity contribution in [1.82, 2.24) is 0 Å². The van der Waals surface area contributed by atoms with Crippen molar-refractivity contribution in [2.24, 2.45) is 0 Å². The van der Waals surface area contributed by atoms with Gasteiger partial charge in [0.15, 0.2) is 5.75 Å². The van der Waals surface area contributed by atoms with E-state index in [0.717, 1.165) is 0 Å². The summed E-state index contributed by atoms with van der Waals surface area (Å²) in [4.78, 5) is 0. The van der Waals surface area contributed by atoms with Crippen molar-refractivity contribution in [3.8, 4) is 5.75 Å². The molecule has 0 aliphatic rings. The third kappa shape index (κ3) is 3.00. The molecule has 1 rings (SSSR count). The summed E-state index contributed by atoms with van der Waals surface area (Å²) in [7, 11) is -3.33. The maximum absolute atomic E-state index is 11.2. The number of halogens is 1. The first-order valence-corrected chi connectivity index (χ1v) is 6.58. The van der Waals surface area contributed by atoms with Crippen LogP contribution in [0.15, 0.2) is 16.6 Å². The summed E-state index contributed by atoms with van der Waals surface area (Å²) in [5.74, 6) is -0.125. The largest absolute Gasteiger partial charge is 0.505 e. The molecule has 0 atom stereocenters. The zero-order valence-electron chi connectivity index (χ0n) is 7.99. The van der Waals surface area contributed by atoms with Crippen molar-refractivity contribution in [3.05, 3.63) is 16.6 Å². The zero-order chi connectivity index (χ0) is 11.6. The number of phenols is 1. The minimum Gasteiger partial charge on any atom is -0.505 e. The fourth-order valence-corrected chi connectivity index (χ4v) is 2.03. The summed E-state index contributed by atoms with van der Waals surface area (Å²) in [6, 6.07) is 2.80. The van der Waals surface area contributed by atoms with Crippen molar-refractivity contribution in [1.29, 1.82) is 0 Å². The monoisotopic (exact) mass is 294 g/mol. The van der Waals surface area contributed by atoms with E-state index in [1.54, 1.807) is 0 Å². The lowest BCUT2D eigenvalue weighted by Gasteiger charge is -2.08. The van der Waals surface area contributed by atoms with Crippen LogP contribution in [0.25, 0.3) is 0 Å². The second-order valence-electron chi connectivity index (χ2n) is 2.90. The number of nitrogens with two attached hydrogens (primary N) is 1. The molecule has 0 spiro atoms. The number of aromatic hydroxyl groups is 1. The van der Waals surface area contributed by atoms with Crippen LogP contribution in [0.1, 0.15) is 6.92 Å². The van der Waals surface area contributed by atoms with Crippen molar-refractivity contribution in [2.45, 2.75) is 6.92 Å². The Hall–Kier alpha value is -0.950. The van der Waals surface area contributed by atoms with Gasteiger partial charge in [0, 0.05) is 0 Å². The minimum absolute atomic E-state index is 0.0224. The van der Waals surface area contributed by atoms with Crippen LogP contribution >= 0.6 is 15.9 Å². The summed E-state index contributed by atoms with van der Waals surface area (Å²) < 4.78 is 25.2. The zero-order valence-corrected chi connectivity index (χ0v) is 10.4. The Morgan fingerprint density at radius 2 is 2.13 bits per heavy atom. The normalized spacial score (nSPS) is 11.3. The van der Waals surface area contributed by atoms with E-state index in [1.165, 1.54) is 19.1 Å². The van der Waals surface area contributed by atoms with Crippen LogP contribution in [0.2, 0.25) is 0 Å². The molecule has 4 N–H and O–H groups in total. The van der Waals surface area contributed by atoms with Crippen molar-refractivity contribution < 1.29 is 13.5 Å². The van der Waals surface area contributed by atoms with Gasteiger partial charge in [0.25, 0.3) is 0 Å². The fourth-order valence-electron chi connectivity index (χ4n) is 0.931. The van der Waals surface area contributed by atoms with Crippen LogP contribution in [0.4, 0.5) is 11.4 Å². The van der Waals surface area contributed by atoms with E-state index >= 15 is 0 Å². The number of rotatable bonds is 3. The highest BCUT2D eigenvalue weighted by Crippen LogP contribution is 2.33. The maximum Gasteiger partial charge on any atom is 0.232 e. The number of nitrogen functional groups attached to an aromatic ring is 1. The molecule has 84 valence electrons. The van der Waals surface area contributed by atoms with Crippen molar-refractivity contribution >= 4 is 37.3 Å². The first kappa shape index (κ1) is 12.1. The molecule has 0 unspecified atom stereocenters. The summed E-state index contributed by atoms with van der Waals surface area (Å²) in [5, 5.41) is 9.34. The van der Waals surface area contributed by atoms with Gasteiger partial charge in [-0.05, 0) is 35.0 Å². The Morgan fingerprint density at radius 1 is 1.53 bits per heavy atom. The molecular weight excluding hydrogens is 284 g/mol. The predicted octanol–water partition coefficient (Wildman–Crippen LogP) is 1.50. The van der Waals surface area contributed by atoms with Gasteiger partial charge in [-0.1, -0.05) is 0 Å². The lowest BCUT2D eigenvalue weighted by molar-refractivity contribution is 0.474. The van der Waals surface area contributed by atoms with Crippen LogP contribution in [-0.4, -0.2) is 19.3 Å². The molecule has 1 aromatic carbocycles. The molecule has 0 amide bonds. The van der Waals surface area contributed by atoms with Gasteiger partial charge in [-0.15, -0.1) is 0 Å². The third-order valence-electron chi connectivity index (χ3n) is 1.75. The van der Waals surface area contributed by atoms with E-state index in [-0.39, 0.29) is 17.2 Å². The molecule has 5 nitrogen and oxygen atoms in total. The van der Waals surface area contributed by atoms with Gasteiger partial charge in [0.2, 0.25) is 10.0 Å². The lowest BCUT2D eigenvalue weighted by atomic mass is 10.3. The van der Waals surface area contributed by atoms with E-state index in [1.807, 2.05) is 0 Å². The molecule has 15 heavy (non-hydrogen) atoms. The maximum atomic E-state index is 11.2. The fraction of sp³-hybridized carbons (Fsp3) is 0.250. The number of benzene rings is 1. The summed E-state index contributed by atoms with van der Waals surface area (Å²) in [6.07, 6.45) is 0. The molecule has 7 heteroatoms. The van der Waals surface area contributed by atoms with Crippen LogP contribution in [0.3, 0.4) is 0 Å². The Bertz CT molecular complexity index is 450. The third-order valence-corrected chi connectivity index (χ3v) is 3.66. The number of hydrogen-bond acceptors (Lipinski definition) is 4. The second kappa shape index (κ2) is 4.28. The first-order valence-electron chi connectivity index (χ1n) is 4.14. The highest BCUT2D eigenvalue weighted by atomic mass is 79.9. The predicted molar refractivity (Wildman–Crippen MR) is 63.3 cm³/mol. The van der Waals surface area contributed by atoms with Crippen LogP contribution in [0.5, 0.6) is 5.75 Å². The van der Waals surface area contributed by atoms with Gasteiger partial charge in [-0.25, -0.2) is 8.42 Å². The van der Waals surface area contributed by atoms with Crippen molar-refractivity contribution in [3.63, 3.8) is 0 Å². The van der Waals surface area contributed by atoms with E-state index in [4.69, 9.17) is 5.73 Å². The van der Waals surface area contributed by atoms with Crippen molar-refractivity contribution in [2.75, 3.05) is 16.2 Å².